The third kappa shape index (κ3) is 3.96. The molecule has 1 amide bonds. The van der Waals surface area contributed by atoms with Crippen molar-refractivity contribution >= 4 is 11.9 Å². The lowest BCUT2D eigenvalue weighted by Gasteiger charge is -2.09. The smallest absolute Gasteiger partial charge is 0.342 e. The Labute approximate surface area is 161 Å². The van der Waals surface area contributed by atoms with Gasteiger partial charge in [0.25, 0.3) is 5.91 Å². The summed E-state index contributed by atoms with van der Waals surface area (Å²) in [5.74, 6) is -0.403. The molecule has 0 radical (unpaired) electrons. The highest BCUT2D eigenvalue weighted by Gasteiger charge is 2.21. The average molecular weight is 381 g/mol. The van der Waals surface area contributed by atoms with E-state index in [1.165, 1.54) is 14.2 Å². The summed E-state index contributed by atoms with van der Waals surface area (Å²) in [6, 6.07) is 14.5. The van der Waals surface area contributed by atoms with Gasteiger partial charge in [-0.1, -0.05) is 18.2 Å². The van der Waals surface area contributed by atoms with Crippen LogP contribution in [0, 0.1) is 0 Å². The minimum absolute atomic E-state index is 0.192. The maximum atomic E-state index is 12.5. The number of hydrogen-bond donors (Lipinski definition) is 1. The summed E-state index contributed by atoms with van der Waals surface area (Å²) in [7, 11) is 3.06. The standard InChI is InChI=1S/C20H19N3O5/c1-26-16-9-8-13(10-17(16)27-2)19-15(20(25)28-12-18(21)24)11-23(22-19)14-6-4-3-5-7-14/h3-11H,12H2,1-2H3,(H2,21,24). The lowest BCUT2D eigenvalue weighted by Crippen LogP contribution is -2.21. The molecule has 0 saturated carbocycles. The van der Waals surface area contributed by atoms with Crippen molar-refractivity contribution in [3.63, 3.8) is 0 Å². The van der Waals surface area contributed by atoms with Crippen LogP contribution in [0.2, 0.25) is 0 Å². The number of amides is 1. The van der Waals surface area contributed by atoms with Gasteiger partial charge in [0.2, 0.25) is 0 Å². The molecule has 2 N–H and O–H groups in total. The van der Waals surface area contributed by atoms with Gasteiger partial charge in [-0.25, -0.2) is 9.48 Å². The Morgan fingerprint density at radius 2 is 1.75 bits per heavy atom. The zero-order valence-electron chi connectivity index (χ0n) is 15.4. The second kappa shape index (κ2) is 8.26. The predicted octanol–water partition coefficient (Wildman–Crippen LogP) is 2.20. The van der Waals surface area contributed by atoms with Crippen LogP contribution in [0.15, 0.2) is 54.7 Å². The maximum Gasteiger partial charge on any atom is 0.342 e. The van der Waals surface area contributed by atoms with Gasteiger partial charge < -0.3 is 19.9 Å². The zero-order chi connectivity index (χ0) is 20.1. The van der Waals surface area contributed by atoms with E-state index >= 15 is 0 Å². The molecule has 144 valence electrons. The molecule has 0 aliphatic rings. The second-order valence-electron chi connectivity index (χ2n) is 5.78. The summed E-state index contributed by atoms with van der Waals surface area (Å²) in [4.78, 5) is 23.5. The van der Waals surface area contributed by atoms with Crippen molar-refractivity contribution in [3.05, 3.63) is 60.3 Å². The Morgan fingerprint density at radius 3 is 2.39 bits per heavy atom. The zero-order valence-corrected chi connectivity index (χ0v) is 15.4. The van der Waals surface area contributed by atoms with E-state index in [4.69, 9.17) is 19.9 Å². The van der Waals surface area contributed by atoms with Gasteiger partial charge in [-0.05, 0) is 30.3 Å². The van der Waals surface area contributed by atoms with Crippen LogP contribution in [0.5, 0.6) is 11.5 Å². The van der Waals surface area contributed by atoms with E-state index in [1.807, 2.05) is 30.3 Å². The molecule has 8 heteroatoms. The lowest BCUT2D eigenvalue weighted by molar-refractivity contribution is -0.121. The van der Waals surface area contributed by atoms with Crippen LogP contribution in [-0.4, -0.2) is 42.5 Å². The first kappa shape index (κ1) is 19.0. The maximum absolute atomic E-state index is 12.5. The van der Waals surface area contributed by atoms with Crippen molar-refractivity contribution in [1.29, 1.82) is 0 Å². The van der Waals surface area contributed by atoms with E-state index in [9.17, 15) is 9.59 Å². The van der Waals surface area contributed by atoms with Crippen molar-refractivity contribution in [2.75, 3.05) is 20.8 Å². The minimum atomic E-state index is -0.739. The molecule has 3 aromatic rings. The second-order valence-corrected chi connectivity index (χ2v) is 5.78. The highest BCUT2D eigenvalue weighted by molar-refractivity contribution is 5.97. The molecule has 0 atom stereocenters. The fourth-order valence-electron chi connectivity index (χ4n) is 2.65. The van der Waals surface area contributed by atoms with E-state index < -0.39 is 18.5 Å². The van der Waals surface area contributed by atoms with Crippen LogP contribution in [0.4, 0.5) is 0 Å². The normalized spacial score (nSPS) is 10.4. The van der Waals surface area contributed by atoms with E-state index in [0.29, 0.717) is 22.8 Å². The van der Waals surface area contributed by atoms with Gasteiger partial charge in [-0.3, -0.25) is 4.79 Å². The summed E-state index contributed by atoms with van der Waals surface area (Å²) < 4.78 is 17.1. The first-order valence-electron chi connectivity index (χ1n) is 8.36. The summed E-state index contributed by atoms with van der Waals surface area (Å²) in [6.07, 6.45) is 1.55. The number of methoxy groups -OCH3 is 2. The number of benzene rings is 2. The molecule has 0 aliphatic heterocycles. The molecule has 3 rings (SSSR count). The largest absolute Gasteiger partial charge is 0.493 e. The van der Waals surface area contributed by atoms with Crippen molar-refractivity contribution in [2.45, 2.75) is 0 Å². The van der Waals surface area contributed by atoms with E-state index in [0.717, 1.165) is 5.69 Å². The lowest BCUT2D eigenvalue weighted by atomic mass is 10.1. The molecular formula is C20H19N3O5. The Hall–Kier alpha value is -3.81. The SMILES string of the molecule is COc1ccc(-c2nn(-c3ccccc3)cc2C(=O)OCC(N)=O)cc1OC. The Balaban J connectivity index is 2.09. The van der Waals surface area contributed by atoms with E-state index in [-0.39, 0.29) is 5.56 Å². The Bertz CT molecular complexity index is 998. The molecule has 0 spiro atoms. The molecule has 0 saturated heterocycles. The molecule has 2 aromatic carbocycles. The molecule has 8 nitrogen and oxygen atoms in total. The van der Waals surface area contributed by atoms with Crippen LogP contribution in [0.3, 0.4) is 0 Å². The van der Waals surface area contributed by atoms with Crippen LogP contribution >= 0.6 is 0 Å². The van der Waals surface area contributed by atoms with Crippen molar-refractivity contribution in [3.8, 4) is 28.4 Å². The number of aromatic nitrogens is 2. The van der Waals surface area contributed by atoms with Crippen molar-refractivity contribution < 1.29 is 23.8 Å². The number of rotatable bonds is 7. The van der Waals surface area contributed by atoms with Gasteiger partial charge in [0.1, 0.15) is 11.3 Å². The number of esters is 1. The number of ether oxygens (including phenoxy) is 3. The molecule has 1 heterocycles. The molecule has 28 heavy (non-hydrogen) atoms. The predicted molar refractivity (Wildman–Crippen MR) is 102 cm³/mol. The highest BCUT2D eigenvalue weighted by Crippen LogP contribution is 2.33. The Kier molecular flexibility index (Phi) is 5.59. The third-order valence-electron chi connectivity index (χ3n) is 3.96. The summed E-state index contributed by atoms with van der Waals surface area (Å²) >= 11 is 0. The molecular weight excluding hydrogens is 362 g/mol. The number of primary amides is 1. The molecule has 0 fully saturated rings. The first-order chi connectivity index (χ1) is 13.5. The topological polar surface area (TPSA) is 106 Å². The van der Waals surface area contributed by atoms with Gasteiger partial charge in [0, 0.05) is 11.8 Å². The third-order valence-corrected chi connectivity index (χ3v) is 3.96. The average Bonchev–Trinajstić information content (AvgIpc) is 3.17. The summed E-state index contributed by atoms with van der Waals surface area (Å²) in [5, 5.41) is 4.53. The Morgan fingerprint density at radius 1 is 1.04 bits per heavy atom. The van der Waals surface area contributed by atoms with Gasteiger partial charge >= 0.3 is 5.97 Å². The van der Waals surface area contributed by atoms with E-state index in [2.05, 4.69) is 5.10 Å². The van der Waals surface area contributed by atoms with Crippen LogP contribution < -0.4 is 15.2 Å². The van der Waals surface area contributed by atoms with E-state index in [1.54, 1.807) is 29.1 Å². The number of carbonyl (C=O) groups is 2. The minimum Gasteiger partial charge on any atom is -0.493 e. The quantitative estimate of drug-likeness (QED) is 0.629. The monoisotopic (exact) mass is 381 g/mol. The van der Waals surface area contributed by atoms with Crippen LogP contribution in [0.25, 0.3) is 16.9 Å². The highest BCUT2D eigenvalue weighted by atomic mass is 16.5. The number of hydrogen-bond acceptors (Lipinski definition) is 6. The molecule has 0 aliphatic carbocycles. The number of nitrogens with two attached hydrogens (primary N) is 1. The molecule has 1 aromatic heterocycles. The van der Waals surface area contributed by atoms with Gasteiger partial charge in [-0.15, -0.1) is 0 Å². The van der Waals surface area contributed by atoms with Gasteiger partial charge in [-0.2, -0.15) is 5.10 Å². The van der Waals surface area contributed by atoms with Crippen LogP contribution in [-0.2, 0) is 9.53 Å². The molecule has 0 unspecified atom stereocenters. The number of para-hydroxylation sites is 1. The fourth-order valence-corrected chi connectivity index (χ4v) is 2.65. The van der Waals surface area contributed by atoms with Gasteiger partial charge in [0.05, 0.1) is 19.9 Å². The number of nitrogens with zero attached hydrogens (tertiary/aromatic N) is 2. The molecule has 0 bridgehead atoms. The fraction of sp³-hybridized carbons (Fsp3) is 0.150. The van der Waals surface area contributed by atoms with Crippen LogP contribution in [0.1, 0.15) is 10.4 Å². The van der Waals surface area contributed by atoms with Crippen molar-refractivity contribution in [1.82, 2.24) is 9.78 Å². The first-order valence-corrected chi connectivity index (χ1v) is 8.36. The summed E-state index contributed by atoms with van der Waals surface area (Å²) in [6.45, 7) is -0.513. The number of carbonyl (C=O) groups excluding carboxylic acids is 2. The van der Waals surface area contributed by atoms with Gasteiger partial charge in [0.15, 0.2) is 18.1 Å². The summed E-state index contributed by atoms with van der Waals surface area (Å²) in [5.41, 5.74) is 7.02. The van der Waals surface area contributed by atoms with Crippen molar-refractivity contribution in [2.24, 2.45) is 5.73 Å².